The number of ether oxygens (including phenoxy) is 1. The van der Waals surface area contributed by atoms with E-state index in [1.807, 2.05) is 30.3 Å². The van der Waals surface area contributed by atoms with E-state index in [-0.39, 0.29) is 18.4 Å². The minimum Gasteiger partial charge on any atom is -0.399 e. The molecule has 186 valence electrons. The molecule has 0 fully saturated rings. The van der Waals surface area contributed by atoms with Crippen LogP contribution < -0.4 is 4.74 Å². The van der Waals surface area contributed by atoms with Crippen molar-refractivity contribution in [1.29, 1.82) is 0 Å². The minimum absolute atomic E-state index is 0.0266. The Bertz CT molecular complexity index is 1370. The SMILES string of the molecule is C=CCCc1ccc(-c2ccc3c(F)c(CCc4cc(F)c(OC(F)(F)F)c(F)c4)ccc3c2)cc1. The number of aryl methyl sites for hydroxylation is 3. The highest BCUT2D eigenvalue weighted by molar-refractivity contribution is 5.88. The minimum atomic E-state index is -5.22. The standard InChI is InChI=1S/C29H22F6O/c1-2-3-4-18-5-8-20(9-6-18)22-13-14-24-23(17-22)12-11-21(27(24)32)10-7-19-15-25(30)28(26(31)16-19)36-29(33,34)35/h2,5-6,8-9,11-17H,1,3-4,7,10H2. The third-order valence-corrected chi connectivity index (χ3v) is 5.92. The van der Waals surface area contributed by atoms with E-state index in [0.717, 1.165) is 36.1 Å². The van der Waals surface area contributed by atoms with E-state index in [1.165, 1.54) is 5.56 Å². The van der Waals surface area contributed by atoms with Gasteiger partial charge < -0.3 is 4.74 Å². The molecule has 1 nitrogen and oxygen atoms in total. The van der Waals surface area contributed by atoms with Crippen LogP contribution in [-0.2, 0) is 19.3 Å². The molecule has 0 atom stereocenters. The first-order valence-electron chi connectivity index (χ1n) is 11.3. The fraction of sp³-hybridized carbons (Fsp3) is 0.172. The molecule has 0 unspecified atom stereocenters. The summed E-state index contributed by atoms with van der Waals surface area (Å²) in [5.74, 6) is -4.90. The first kappa shape index (κ1) is 25.4. The van der Waals surface area contributed by atoms with E-state index < -0.39 is 29.6 Å². The number of alkyl halides is 3. The molecule has 0 radical (unpaired) electrons. The van der Waals surface area contributed by atoms with E-state index in [2.05, 4.69) is 23.4 Å². The van der Waals surface area contributed by atoms with Crippen LogP contribution >= 0.6 is 0 Å². The quantitative estimate of drug-likeness (QED) is 0.174. The van der Waals surface area contributed by atoms with Gasteiger partial charge in [0.2, 0.25) is 5.75 Å². The first-order valence-corrected chi connectivity index (χ1v) is 11.3. The molecular formula is C29H22F6O. The fourth-order valence-corrected chi connectivity index (χ4v) is 4.09. The van der Waals surface area contributed by atoms with E-state index in [0.29, 0.717) is 16.3 Å². The van der Waals surface area contributed by atoms with E-state index in [4.69, 9.17) is 0 Å². The first-order chi connectivity index (χ1) is 17.1. The number of rotatable bonds is 8. The average molecular weight is 500 g/mol. The lowest BCUT2D eigenvalue weighted by molar-refractivity contribution is -0.276. The van der Waals surface area contributed by atoms with Gasteiger partial charge in [-0.3, -0.25) is 0 Å². The van der Waals surface area contributed by atoms with E-state index in [9.17, 15) is 22.0 Å². The second-order valence-corrected chi connectivity index (χ2v) is 8.44. The van der Waals surface area contributed by atoms with Crippen molar-refractivity contribution in [3.8, 4) is 16.9 Å². The summed E-state index contributed by atoms with van der Waals surface area (Å²) in [6, 6.07) is 18.5. The van der Waals surface area contributed by atoms with Crippen LogP contribution in [0.4, 0.5) is 26.3 Å². The van der Waals surface area contributed by atoms with Gasteiger partial charge in [0.1, 0.15) is 5.82 Å². The van der Waals surface area contributed by atoms with Gasteiger partial charge in [-0.2, -0.15) is 0 Å². The zero-order chi connectivity index (χ0) is 25.9. The van der Waals surface area contributed by atoms with Crippen LogP contribution in [0.15, 0.2) is 79.4 Å². The van der Waals surface area contributed by atoms with Crippen molar-refractivity contribution in [2.75, 3.05) is 0 Å². The van der Waals surface area contributed by atoms with Crippen molar-refractivity contribution < 1.29 is 31.1 Å². The molecule has 7 heteroatoms. The van der Waals surface area contributed by atoms with Gasteiger partial charge in [-0.25, -0.2) is 13.2 Å². The van der Waals surface area contributed by atoms with Crippen LogP contribution in [0.2, 0.25) is 0 Å². The van der Waals surface area contributed by atoms with Crippen LogP contribution in [-0.4, -0.2) is 6.36 Å². The number of hydrogen-bond donors (Lipinski definition) is 0. The van der Waals surface area contributed by atoms with E-state index in [1.54, 1.807) is 18.2 Å². The highest BCUT2D eigenvalue weighted by atomic mass is 19.4. The maximum absolute atomic E-state index is 15.2. The van der Waals surface area contributed by atoms with Gasteiger partial charge in [0.25, 0.3) is 0 Å². The van der Waals surface area contributed by atoms with Crippen LogP contribution in [0.3, 0.4) is 0 Å². The van der Waals surface area contributed by atoms with Crippen LogP contribution in [0.1, 0.15) is 23.1 Å². The monoisotopic (exact) mass is 500 g/mol. The Morgan fingerprint density at radius 1 is 0.722 bits per heavy atom. The molecule has 4 aromatic carbocycles. The molecule has 0 saturated heterocycles. The number of fused-ring (bicyclic) bond motifs is 1. The van der Waals surface area contributed by atoms with Gasteiger partial charge >= 0.3 is 6.36 Å². The lowest BCUT2D eigenvalue weighted by Gasteiger charge is -2.12. The molecule has 0 saturated carbocycles. The number of halogens is 6. The van der Waals surface area contributed by atoms with Crippen molar-refractivity contribution in [3.05, 3.63) is 114 Å². The summed E-state index contributed by atoms with van der Waals surface area (Å²) in [6.45, 7) is 3.73. The van der Waals surface area contributed by atoms with Crippen molar-refractivity contribution in [2.24, 2.45) is 0 Å². The Balaban J connectivity index is 1.51. The van der Waals surface area contributed by atoms with Crippen molar-refractivity contribution in [2.45, 2.75) is 32.0 Å². The molecular weight excluding hydrogens is 478 g/mol. The predicted molar refractivity (Wildman–Crippen MR) is 128 cm³/mol. The summed E-state index contributed by atoms with van der Waals surface area (Å²) in [7, 11) is 0. The number of benzene rings is 4. The third kappa shape index (κ3) is 5.90. The fourth-order valence-electron chi connectivity index (χ4n) is 4.09. The van der Waals surface area contributed by atoms with Gasteiger partial charge in [0.15, 0.2) is 11.6 Å². The molecule has 36 heavy (non-hydrogen) atoms. The van der Waals surface area contributed by atoms with Gasteiger partial charge in [0.05, 0.1) is 0 Å². The van der Waals surface area contributed by atoms with Gasteiger partial charge in [-0.1, -0.05) is 54.6 Å². The van der Waals surface area contributed by atoms with Crippen molar-refractivity contribution >= 4 is 10.8 Å². The molecule has 0 aliphatic carbocycles. The second-order valence-electron chi connectivity index (χ2n) is 8.44. The molecule has 0 N–H and O–H groups in total. The topological polar surface area (TPSA) is 9.23 Å². The van der Waals surface area contributed by atoms with Crippen LogP contribution in [0.25, 0.3) is 21.9 Å². The molecule has 0 aliphatic rings. The summed E-state index contributed by atoms with van der Waals surface area (Å²) in [5.41, 5.74) is 3.57. The van der Waals surface area contributed by atoms with Crippen molar-refractivity contribution in [1.82, 2.24) is 0 Å². The third-order valence-electron chi connectivity index (χ3n) is 5.92. The highest BCUT2D eigenvalue weighted by Crippen LogP contribution is 2.31. The Kier molecular flexibility index (Phi) is 7.38. The maximum atomic E-state index is 15.2. The molecule has 0 amide bonds. The van der Waals surface area contributed by atoms with Gasteiger partial charge in [-0.05, 0) is 77.1 Å². The molecule has 0 aromatic heterocycles. The lowest BCUT2D eigenvalue weighted by Crippen LogP contribution is -2.19. The normalized spacial score (nSPS) is 11.6. The van der Waals surface area contributed by atoms with Crippen molar-refractivity contribution in [3.63, 3.8) is 0 Å². The average Bonchev–Trinajstić information content (AvgIpc) is 2.84. The highest BCUT2D eigenvalue weighted by Gasteiger charge is 2.34. The zero-order valence-electron chi connectivity index (χ0n) is 19.1. The largest absolute Gasteiger partial charge is 0.573 e. The summed E-state index contributed by atoms with van der Waals surface area (Å²) < 4.78 is 83.5. The summed E-state index contributed by atoms with van der Waals surface area (Å²) >= 11 is 0. The molecule has 0 spiro atoms. The Hall–Kier alpha value is -3.74. The molecule has 4 aromatic rings. The van der Waals surface area contributed by atoms with Crippen LogP contribution in [0, 0.1) is 17.5 Å². The van der Waals surface area contributed by atoms with Gasteiger partial charge in [-0.15, -0.1) is 19.8 Å². The Morgan fingerprint density at radius 3 is 2.03 bits per heavy atom. The Labute approximate surface area is 204 Å². The Morgan fingerprint density at radius 2 is 1.39 bits per heavy atom. The van der Waals surface area contributed by atoms with E-state index >= 15 is 4.39 Å². The molecule has 0 bridgehead atoms. The summed E-state index contributed by atoms with van der Waals surface area (Å²) in [4.78, 5) is 0. The maximum Gasteiger partial charge on any atom is 0.573 e. The lowest BCUT2D eigenvalue weighted by atomic mass is 9.96. The smallest absolute Gasteiger partial charge is 0.399 e. The molecule has 0 heterocycles. The second kappa shape index (κ2) is 10.5. The predicted octanol–water partition coefficient (Wildman–Crippen LogP) is 8.73. The zero-order valence-corrected chi connectivity index (χ0v) is 19.1. The molecule has 4 rings (SSSR count). The summed E-state index contributed by atoms with van der Waals surface area (Å²) in [5, 5.41) is 1.11. The summed E-state index contributed by atoms with van der Waals surface area (Å²) in [6.07, 6.45) is -1.39. The van der Waals surface area contributed by atoms with Crippen LogP contribution in [0.5, 0.6) is 5.75 Å². The number of hydrogen-bond acceptors (Lipinski definition) is 1. The molecule has 0 aliphatic heterocycles. The van der Waals surface area contributed by atoms with Gasteiger partial charge in [0, 0.05) is 5.39 Å². The number of allylic oxidation sites excluding steroid dienone is 1.